The summed E-state index contributed by atoms with van der Waals surface area (Å²) in [4.78, 5) is 14.9. The summed E-state index contributed by atoms with van der Waals surface area (Å²) in [5, 5.41) is 10.3. The Balaban J connectivity index is 1.74. The van der Waals surface area contributed by atoms with Crippen molar-refractivity contribution < 1.29 is 9.52 Å². The summed E-state index contributed by atoms with van der Waals surface area (Å²) >= 11 is 0. The number of likely N-dealkylation sites (tertiary alicyclic amines) is 1. The van der Waals surface area contributed by atoms with Crippen molar-refractivity contribution in [1.29, 1.82) is 0 Å². The van der Waals surface area contributed by atoms with Crippen LogP contribution in [0.25, 0.3) is 22.3 Å². The molecule has 4 rings (SSSR count). The minimum Gasteiger partial charge on any atom is -0.455 e. The van der Waals surface area contributed by atoms with E-state index >= 15 is 0 Å². The molecule has 0 amide bonds. The van der Waals surface area contributed by atoms with Crippen molar-refractivity contribution >= 4 is 11.0 Å². The first kappa shape index (κ1) is 16.1. The van der Waals surface area contributed by atoms with Crippen LogP contribution in [0.3, 0.4) is 0 Å². The standard InChI is InChI=1S/C21H21NO3/c23-17-9-11-22(12-10-17)14-16-7-4-8-18-19(24)13-20(25-21(16)18)15-5-2-1-3-6-15/h1-8,13,17,23H,9-12,14H2. The Morgan fingerprint density at radius 2 is 1.80 bits per heavy atom. The van der Waals surface area contributed by atoms with Crippen molar-refractivity contribution in [2.75, 3.05) is 13.1 Å². The summed E-state index contributed by atoms with van der Waals surface area (Å²) in [6, 6.07) is 17.0. The molecule has 4 nitrogen and oxygen atoms in total. The number of hydrogen-bond donors (Lipinski definition) is 1. The zero-order valence-corrected chi connectivity index (χ0v) is 14.0. The van der Waals surface area contributed by atoms with Crippen molar-refractivity contribution in [3.8, 4) is 11.3 Å². The summed E-state index contributed by atoms with van der Waals surface area (Å²) in [5.41, 5.74) is 2.57. The molecule has 128 valence electrons. The molecule has 1 aromatic heterocycles. The Morgan fingerprint density at radius 3 is 2.56 bits per heavy atom. The normalized spacial score (nSPS) is 16.4. The van der Waals surface area contributed by atoms with Crippen LogP contribution >= 0.6 is 0 Å². The third-order valence-corrected chi connectivity index (χ3v) is 4.85. The van der Waals surface area contributed by atoms with Gasteiger partial charge in [0.05, 0.1) is 11.5 Å². The minimum atomic E-state index is -0.189. The molecule has 0 radical (unpaired) electrons. The first-order valence-corrected chi connectivity index (χ1v) is 8.72. The average Bonchev–Trinajstić information content (AvgIpc) is 2.65. The summed E-state index contributed by atoms with van der Waals surface area (Å²) in [7, 11) is 0. The number of piperidine rings is 1. The Labute approximate surface area is 146 Å². The lowest BCUT2D eigenvalue weighted by atomic mass is 10.1. The van der Waals surface area contributed by atoms with E-state index in [0.29, 0.717) is 16.7 Å². The monoisotopic (exact) mass is 335 g/mol. The molecule has 1 saturated heterocycles. The number of para-hydroxylation sites is 1. The largest absolute Gasteiger partial charge is 0.455 e. The average molecular weight is 335 g/mol. The van der Waals surface area contributed by atoms with Crippen LogP contribution in [0.15, 0.2) is 63.8 Å². The predicted molar refractivity (Wildman–Crippen MR) is 98.4 cm³/mol. The van der Waals surface area contributed by atoms with Gasteiger partial charge in [0.15, 0.2) is 5.43 Å². The molecule has 0 aliphatic carbocycles. The Bertz CT molecular complexity index is 925. The maximum Gasteiger partial charge on any atom is 0.193 e. The summed E-state index contributed by atoms with van der Waals surface area (Å²) in [6.07, 6.45) is 1.40. The van der Waals surface area contributed by atoms with Gasteiger partial charge in [0.2, 0.25) is 0 Å². The molecule has 1 fully saturated rings. The third kappa shape index (κ3) is 3.36. The van der Waals surface area contributed by atoms with E-state index in [1.54, 1.807) is 6.07 Å². The fourth-order valence-corrected chi connectivity index (χ4v) is 3.42. The maximum absolute atomic E-state index is 12.6. The zero-order chi connectivity index (χ0) is 17.2. The first-order valence-electron chi connectivity index (χ1n) is 8.72. The van der Waals surface area contributed by atoms with Gasteiger partial charge in [0.1, 0.15) is 11.3 Å². The Hall–Kier alpha value is -2.43. The van der Waals surface area contributed by atoms with Crippen molar-refractivity contribution in [3.05, 3.63) is 70.4 Å². The number of benzene rings is 2. The van der Waals surface area contributed by atoms with E-state index in [2.05, 4.69) is 4.90 Å². The molecule has 3 aromatic rings. The second-order valence-electron chi connectivity index (χ2n) is 6.64. The van der Waals surface area contributed by atoms with Crippen molar-refractivity contribution in [3.63, 3.8) is 0 Å². The molecule has 2 heterocycles. The van der Waals surface area contributed by atoms with E-state index in [4.69, 9.17) is 4.42 Å². The van der Waals surface area contributed by atoms with Crippen LogP contribution in [0.5, 0.6) is 0 Å². The maximum atomic E-state index is 12.6. The van der Waals surface area contributed by atoms with Crippen LogP contribution in [0.1, 0.15) is 18.4 Å². The van der Waals surface area contributed by atoms with Gasteiger partial charge in [-0.3, -0.25) is 9.69 Å². The molecular weight excluding hydrogens is 314 g/mol. The molecule has 0 atom stereocenters. The van der Waals surface area contributed by atoms with E-state index < -0.39 is 0 Å². The number of rotatable bonds is 3. The molecule has 2 aromatic carbocycles. The van der Waals surface area contributed by atoms with Crippen LogP contribution in [-0.4, -0.2) is 29.2 Å². The van der Waals surface area contributed by atoms with Crippen LogP contribution in [0.4, 0.5) is 0 Å². The van der Waals surface area contributed by atoms with Gasteiger partial charge >= 0.3 is 0 Å². The fraction of sp³-hybridized carbons (Fsp3) is 0.286. The zero-order valence-electron chi connectivity index (χ0n) is 14.0. The molecule has 1 aliphatic heterocycles. The molecule has 1 N–H and O–H groups in total. The highest BCUT2D eigenvalue weighted by molar-refractivity contribution is 5.81. The van der Waals surface area contributed by atoms with Crippen LogP contribution < -0.4 is 5.43 Å². The van der Waals surface area contributed by atoms with Crippen molar-refractivity contribution in [1.82, 2.24) is 4.90 Å². The van der Waals surface area contributed by atoms with Gasteiger partial charge < -0.3 is 9.52 Å². The van der Waals surface area contributed by atoms with Gasteiger partial charge in [-0.2, -0.15) is 0 Å². The smallest absolute Gasteiger partial charge is 0.193 e. The van der Waals surface area contributed by atoms with Crippen molar-refractivity contribution in [2.45, 2.75) is 25.5 Å². The van der Waals surface area contributed by atoms with Crippen LogP contribution in [-0.2, 0) is 6.54 Å². The molecule has 4 heteroatoms. The Kier molecular flexibility index (Phi) is 4.38. The minimum absolute atomic E-state index is 0.0176. The predicted octanol–water partition coefficient (Wildman–Crippen LogP) is 3.42. The second-order valence-corrected chi connectivity index (χ2v) is 6.64. The lowest BCUT2D eigenvalue weighted by molar-refractivity contribution is 0.0793. The van der Waals surface area contributed by atoms with Crippen molar-refractivity contribution in [2.24, 2.45) is 0 Å². The van der Waals surface area contributed by atoms with E-state index in [9.17, 15) is 9.90 Å². The highest BCUT2D eigenvalue weighted by Gasteiger charge is 2.19. The Morgan fingerprint density at radius 1 is 1.04 bits per heavy atom. The molecule has 1 aliphatic rings. The lowest BCUT2D eigenvalue weighted by Gasteiger charge is -2.29. The quantitative estimate of drug-likeness (QED) is 0.797. The highest BCUT2D eigenvalue weighted by Crippen LogP contribution is 2.25. The SMILES string of the molecule is O=c1cc(-c2ccccc2)oc2c(CN3CCC(O)CC3)cccc12. The lowest BCUT2D eigenvalue weighted by Crippen LogP contribution is -2.35. The number of fused-ring (bicyclic) bond motifs is 1. The van der Waals surface area contributed by atoms with E-state index in [1.165, 1.54) is 0 Å². The molecule has 0 saturated carbocycles. The third-order valence-electron chi connectivity index (χ3n) is 4.85. The van der Waals surface area contributed by atoms with Crippen LogP contribution in [0.2, 0.25) is 0 Å². The van der Waals surface area contributed by atoms with Gasteiger partial charge in [-0.05, 0) is 18.9 Å². The van der Waals surface area contributed by atoms with E-state index in [1.807, 2.05) is 48.5 Å². The van der Waals surface area contributed by atoms with E-state index in [0.717, 1.165) is 43.6 Å². The van der Waals surface area contributed by atoms with Gasteiger partial charge in [0, 0.05) is 36.8 Å². The van der Waals surface area contributed by atoms with Crippen LogP contribution in [0, 0.1) is 0 Å². The molecule has 25 heavy (non-hydrogen) atoms. The van der Waals surface area contributed by atoms with Gasteiger partial charge in [0.25, 0.3) is 0 Å². The number of hydrogen-bond acceptors (Lipinski definition) is 4. The summed E-state index contributed by atoms with van der Waals surface area (Å²) in [6.45, 7) is 2.45. The number of aliphatic hydroxyl groups excluding tert-OH is 1. The molecular formula is C21H21NO3. The topological polar surface area (TPSA) is 53.7 Å². The summed E-state index contributed by atoms with van der Waals surface area (Å²) < 4.78 is 6.15. The molecule has 0 spiro atoms. The first-order chi connectivity index (χ1) is 12.2. The van der Waals surface area contributed by atoms with Gasteiger partial charge in [-0.25, -0.2) is 0 Å². The van der Waals surface area contributed by atoms with Gasteiger partial charge in [-0.15, -0.1) is 0 Å². The summed E-state index contributed by atoms with van der Waals surface area (Å²) in [5.74, 6) is 0.597. The number of aliphatic hydroxyl groups is 1. The second kappa shape index (κ2) is 6.82. The number of nitrogens with zero attached hydrogens (tertiary/aromatic N) is 1. The highest BCUT2D eigenvalue weighted by atomic mass is 16.3. The van der Waals surface area contributed by atoms with E-state index in [-0.39, 0.29) is 11.5 Å². The fourth-order valence-electron chi connectivity index (χ4n) is 3.42. The molecule has 0 bridgehead atoms. The molecule has 0 unspecified atom stereocenters. The van der Waals surface area contributed by atoms with Gasteiger partial charge in [-0.1, -0.05) is 42.5 Å².